The third-order valence-corrected chi connectivity index (χ3v) is 3.00. The number of aromatic hydroxyl groups is 1. The minimum atomic E-state index is -0.558. The summed E-state index contributed by atoms with van der Waals surface area (Å²) in [4.78, 5) is 14.7. The summed E-state index contributed by atoms with van der Waals surface area (Å²) in [5, 5.41) is 13.4. The van der Waals surface area contributed by atoms with Crippen LogP contribution in [0.3, 0.4) is 0 Å². The average Bonchev–Trinajstić information content (AvgIpc) is 2.64. The second-order valence-corrected chi connectivity index (χ2v) is 4.26. The van der Waals surface area contributed by atoms with E-state index >= 15 is 0 Å². The standard InChI is InChI=1S/C15H13N3O3/c1-21-14-7-11(9-17-18-16)12(8-13(19)15(14)20)10-5-3-2-4-6-10/h2-8H,9H2,1H3,(H,19,20). The Balaban J connectivity index is 2.78. The van der Waals surface area contributed by atoms with Crippen LogP contribution in [0.4, 0.5) is 0 Å². The number of hydrogen-bond donors (Lipinski definition) is 1. The maximum Gasteiger partial charge on any atom is 0.224 e. The molecule has 1 N–H and O–H groups in total. The Morgan fingerprint density at radius 3 is 2.62 bits per heavy atom. The molecule has 0 bridgehead atoms. The molecule has 0 fully saturated rings. The van der Waals surface area contributed by atoms with Gasteiger partial charge in [-0.15, -0.1) is 0 Å². The number of rotatable bonds is 4. The molecule has 0 spiro atoms. The molecule has 0 radical (unpaired) electrons. The van der Waals surface area contributed by atoms with E-state index in [4.69, 9.17) is 10.3 Å². The molecule has 6 nitrogen and oxygen atoms in total. The smallest absolute Gasteiger partial charge is 0.224 e. The van der Waals surface area contributed by atoms with Crippen molar-refractivity contribution in [1.29, 1.82) is 0 Å². The van der Waals surface area contributed by atoms with Gasteiger partial charge in [0.15, 0.2) is 5.75 Å². The van der Waals surface area contributed by atoms with Crippen molar-refractivity contribution in [3.63, 3.8) is 0 Å². The van der Waals surface area contributed by atoms with Gasteiger partial charge < -0.3 is 9.84 Å². The fourth-order valence-electron chi connectivity index (χ4n) is 2.00. The molecular weight excluding hydrogens is 270 g/mol. The van der Waals surface area contributed by atoms with Gasteiger partial charge in [0.2, 0.25) is 11.2 Å². The first-order valence-corrected chi connectivity index (χ1v) is 6.18. The first-order valence-electron chi connectivity index (χ1n) is 6.18. The van der Waals surface area contributed by atoms with Crippen LogP contribution in [0.25, 0.3) is 21.6 Å². The molecule has 2 aromatic rings. The molecule has 0 unspecified atom stereocenters. The Morgan fingerprint density at radius 1 is 1.29 bits per heavy atom. The third-order valence-electron chi connectivity index (χ3n) is 3.00. The van der Waals surface area contributed by atoms with Crippen molar-refractivity contribution in [2.45, 2.75) is 6.54 Å². The Kier molecular flexibility index (Phi) is 4.43. The maximum atomic E-state index is 12.0. The van der Waals surface area contributed by atoms with Crippen LogP contribution in [0, 0.1) is 0 Å². The van der Waals surface area contributed by atoms with Gasteiger partial charge >= 0.3 is 0 Å². The monoisotopic (exact) mass is 283 g/mol. The van der Waals surface area contributed by atoms with E-state index in [1.165, 1.54) is 19.2 Å². The van der Waals surface area contributed by atoms with Crippen molar-refractivity contribution in [2.75, 3.05) is 7.11 Å². The van der Waals surface area contributed by atoms with E-state index in [1.807, 2.05) is 30.3 Å². The first-order chi connectivity index (χ1) is 10.2. The zero-order valence-corrected chi connectivity index (χ0v) is 11.4. The summed E-state index contributed by atoms with van der Waals surface area (Å²) in [7, 11) is 1.36. The summed E-state index contributed by atoms with van der Waals surface area (Å²) >= 11 is 0. The van der Waals surface area contributed by atoms with Gasteiger partial charge in [0, 0.05) is 4.91 Å². The second-order valence-electron chi connectivity index (χ2n) is 4.26. The van der Waals surface area contributed by atoms with Gasteiger partial charge in [-0.05, 0) is 34.4 Å². The fourth-order valence-corrected chi connectivity index (χ4v) is 2.00. The molecule has 0 aliphatic carbocycles. The SMILES string of the molecule is COc1cc(CN=[N+]=[N-])c(-c2ccccc2)cc(=O)c1O. The number of methoxy groups -OCH3 is 1. The van der Waals surface area contributed by atoms with E-state index in [2.05, 4.69) is 10.0 Å². The largest absolute Gasteiger partial charge is 0.502 e. The molecule has 21 heavy (non-hydrogen) atoms. The highest BCUT2D eigenvalue weighted by atomic mass is 16.5. The quantitative estimate of drug-likeness (QED) is 0.530. The molecule has 106 valence electrons. The van der Waals surface area contributed by atoms with Gasteiger partial charge in [-0.3, -0.25) is 4.79 Å². The summed E-state index contributed by atoms with van der Waals surface area (Å²) in [6.07, 6.45) is 0. The molecule has 6 heteroatoms. The lowest BCUT2D eigenvalue weighted by molar-refractivity contribution is 0.372. The van der Waals surface area contributed by atoms with Gasteiger partial charge in [-0.25, -0.2) is 0 Å². The minimum Gasteiger partial charge on any atom is -0.502 e. The Hall–Kier alpha value is -2.98. The van der Waals surface area contributed by atoms with Crippen molar-refractivity contribution in [3.8, 4) is 22.6 Å². The van der Waals surface area contributed by atoms with Crippen LogP contribution in [0.2, 0.25) is 0 Å². The Bertz CT molecular complexity index is 754. The third kappa shape index (κ3) is 3.13. The fraction of sp³-hybridized carbons (Fsp3) is 0.133. The lowest BCUT2D eigenvalue weighted by Crippen LogP contribution is -1.96. The molecule has 0 aliphatic rings. The van der Waals surface area contributed by atoms with Crippen molar-refractivity contribution in [3.05, 3.63) is 68.7 Å². The van der Waals surface area contributed by atoms with Crippen molar-refractivity contribution in [1.82, 2.24) is 0 Å². The van der Waals surface area contributed by atoms with Crippen LogP contribution in [0.1, 0.15) is 5.56 Å². The van der Waals surface area contributed by atoms with Crippen LogP contribution in [0.15, 0.2) is 52.4 Å². The Labute approximate surface area is 120 Å². The topological polar surface area (TPSA) is 95.3 Å². The molecule has 2 aromatic carbocycles. The van der Waals surface area contributed by atoms with E-state index in [1.54, 1.807) is 0 Å². The van der Waals surface area contributed by atoms with Crippen LogP contribution < -0.4 is 10.2 Å². The molecule has 0 heterocycles. The summed E-state index contributed by atoms with van der Waals surface area (Å²) in [6, 6.07) is 12.0. The highest BCUT2D eigenvalue weighted by Gasteiger charge is 2.11. The summed E-state index contributed by atoms with van der Waals surface area (Å²) in [6.45, 7) is 0.0463. The molecule has 0 aliphatic heterocycles. The molecule has 2 rings (SSSR count). The number of azide groups is 1. The predicted octanol–water partition coefficient (Wildman–Crippen LogP) is 3.24. The highest BCUT2D eigenvalue weighted by Crippen LogP contribution is 2.29. The lowest BCUT2D eigenvalue weighted by atomic mass is 10.0. The van der Waals surface area contributed by atoms with Gasteiger partial charge in [0.05, 0.1) is 13.7 Å². The van der Waals surface area contributed by atoms with Gasteiger partial charge in [0.25, 0.3) is 0 Å². The molecule has 0 aromatic heterocycles. The molecule has 0 saturated heterocycles. The van der Waals surface area contributed by atoms with Crippen LogP contribution in [-0.2, 0) is 6.54 Å². The number of ether oxygens (including phenoxy) is 1. The number of hydrogen-bond acceptors (Lipinski definition) is 4. The van der Waals surface area contributed by atoms with Crippen molar-refractivity contribution < 1.29 is 9.84 Å². The predicted molar refractivity (Wildman–Crippen MR) is 79.2 cm³/mol. The normalized spacial score (nSPS) is 9.76. The van der Waals surface area contributed by atoms with E-state index in [-0.39, 0.29) is 12.3 Å². The molecule has 0 amide bonds. The van der Waals surface area contributed by atoms with E-state index in [9.17, 15) is 9.90 Å². The average molecular weight is 283 g/mol. The maximum absolute atomic E-state index is 12.0. The highest BCUT2D eigenvalue weighted by molar-refractivity contribution is 5.68. The van der Waals surface area contributed by atoms with E-state index < -0.39 is 11.2 Å². The van der Waals surface area contributed by atoms with Gasteiger partial charge in [0.1, 0.15) is 0 Å². The molecule has 0 atom stereocenters. The van der Waals surface area contributed by atoms with E-state index in [0.29, 0.717) is 11.1 Å². The van der Waals surface area contributed by atoms with Crippen LogP contribution in [-0.4, -0.2) is 12.2 Å². The van der Waals surface area contributed by atoms with Crippen molar-refractivity contribution >= 4 is 0 Å². The van der Waals surface area contributed by atoms with Gasteiger partial charge in [-0.1, -0.05) is 35.4 Å². The van der Waals surface area contributed by atoms with Crippen LogP contribution in [0.5, 0.6) is 11.5 Å². The Morgan fingerprint density at radius 2 is 2.00 bits per heavy atom. The number of benzene rings is 1. The second kappa shape index (κ2) is 6.45. The molecular formula is C15H13N3O3. The number of nitrogens with zero attached hydrogens (tertiary/aromatic N) is 3. The van der Waals surface area contributed by atoms with E-state index in [0.717, 1.165) is 5.56 Å². The van der Waals surface area contributed by atoms with Crippen LogP contribution >= 0.6 is 0 Å². The zero-order valence-electron chi connectivity index (χ0n) is 11.4. The minimum absolute atomic E-state index is 0.0463. The zero-order chi connectivity index (χ0) is 15.2. The molecule has 0 saturated carbocycles. The first kappa shape index (κ1) is 14.4. The summed E-state index contributed by atoms with van der Waals surface area (Å²) in [5.41, 5.74) is 9.91. The van der Waals surface area contributed by atoms with Gasteiger partial charge in [-0.2, -0.15) is 0 Å². The lowest BCUT2D eigenvalue weighted by Gasteiger charge is -2.04. The summed E-state index contributed by atoms with van der Waals surface area (Å²) in [5.74, 6) is -0.424. The van der Waals surface area contributed by atoms with Crippen molar-refractivity contribution in [2.24, 2.45) is 5.11 Å². The summed E-state index contributed by atoms with van der Waals surface area (Å²) < 4.78 is 5.01.